The molecule has 0 atom stereocenters. The molecule has 0 bridgehead atoms. The van der Waals surface area contributed by atoms with Crippen LogP contribution in [0.1, 0.15) is 21.7 Å². The van der Waals surface area contributed by atoms with Crippen molar-refractivity contribution in [3.05, 3.63) is 64.4 Å². The number of carbonyl (C=O) groups excluding carboxylic acids is 1. The number of nitrogens with one attached hydrogen (secondary N) is 1. The van der Waals surface area contributed by atoms with Crippen LogP contribution in [0, 0.1) is 0 Å². The molecule has 1 amide bonds. The second-order valence-corrected chi connectivity index (χ2v) is 6.48. The molecule has 0 aliphatic carbocycles. The number of nitrogens with zero attached hydrogens (tertiary/aromatic N) is 3. The van der Waals surface area contributed by atoms with Crippen LogP contribution in [0.25, 0.3) is 5.69 Å². The number of alkyl halides is 3. The summed E-state index contributed by atoms with van der Waals surface area (Å²) in [5.41, 5.74) is -0.304. The summed E-state index contributed by atoms with van der Waals surface area (Å²) in [5.74, 6) is -0.106. The number of rotatable bonds is 6. The maximum atomic E-state index is 13.1. The number of methoxy groups -OCH3 is 2. The van der Waals surface area contributed by atoms with Crippen LogP contribution >= 0.6 is 11.6 Å². The Morgan fingerprint density at radius 3 is 2.47 bits per heavy atom. The fraction of sp³-hybridized carbons (Fsp3) is 0.211. The predicted molar refractivity (Wildman–Crippen MR) is 103 cm³/mol. The maximum absolute atomic E-state index is 13.1. The second kappa shape index (κ2) is 8.72. The van der Waals surface area contributed by atoms with Crippen molar-refractivity contribution < 1.29 is 27.4 Å². The van der Waals surface area contributed by atoms with E-state index in [0.29, 0.717) is 17.1 Å². The highest BCUT2D eigenvalue weighted by Gasteiger charge is 2.33. The number of carbonyl (C=O) groups is 1. The molecular weight excluding hydrogens is 425 g/mol. The van der Waals surface area contributed by atoms with Crippen molar-refractivity contribution in [1.82, 2.24) is 15.0 Å². The highest BCUT2D eigenvalue weighted by atomic mass is 35.5. The van der Waals surface area contributed by atoms with Gasteiger partial charge >= 0.3 is 6.18 Å². The third-order valence-electron chi connectivity index (χ3n) is 4.11. The van der Waals surface area contributed by atoms with Crippen LogP contribution in [0.5, 0.6) is 5.75 Å². The SMILES string of the molecule is COCc1c(C(=O)Nc2ccc(Cl)c(C(F)(F)F)c2)nnn1-c1ccc(OC)cc1. The molecule has 3 rings (SSSR count). The summed E-state index contributed by atoms with van der Waals surface area (Å²) >= 11 is 5.61. The van der Waals surface area contributed by atoms with Crippen molar-refractivity contribution in [3.63, 3.8) is 0 Å². The Hall–Kier alpha value is -3.11. The van der Waals surface area contributed by atoms with E-state index >= 15 is 0 Å². The molecule has 11 heteroatoms. The molecule has 1 aromatic heterocycles. The molecule has 158 valence electrons. The van der Waals surface area contributed by atoms with Crippen LogP contribution in [0.4, 0.5) is 18.9 Å². The van der Waals surface area contributed by atoms with Crippen molar-refractivity contribution in [2.75, 3.05) is 19.5 Å². The van der Waals surface area contributed by atoms with Crippen molar-refractivity contribution in [1.29, 1.82) is 0 Å². The smallest absolute Gasteiger partial charge is 0.417 e. The van der Waals surface area contributed by atoms with Gasteiger partial charge in [0, 0.05) is 12.8 Å². The zero-order chi connectivity index (χ0) is 21.9. The third kappa shape index (κ3) is 4.55. The summed E-state index contributed by atoms with van der Waals surface area (Å²) in [5, 5.41) is 9.78. The van der Waals surface area contributed by atoms with E-state index in [2.05, 4.69) is 15.6 Å². The minimum atomic E-state index is -4.66. The van der Waals surface area contributed by atoms with Gasteiger partial charge in [-0.2, -0.15) is 13.2 Å². The van der Waals surface area contributed by atoms with E-state index in [4.69, 9.17) is 21.1 Å². The topological polar surface area (TPSA) is 78.3 Å². The molecule has 30 heavy (non-hydrogen) atoms. The highest BCUT2D eigenvalue weighted by Crippen LogP contribution is 2.36. The predicted octanol–water partition coefficient (Wildman–Crippen LogP) is 4.35. The number of ether oxygens (including phenoxy) is 2. The first kappa shape index (κ1) is 21.6. The molecule has 7 nitrogen and oxygen atoms in total. The molecule has 0 aliphatic rings. The molecule has 3 aromatic rings. The lowest BCUT2D eigenvalue weighted by Crippen LogP contribution is -2.16. The monoisotopic (exact) mass is 440 g/mol. The van der Waals surface area contributed by atoms with E-state index in [0.717, 1.165) is 12.1 Å². The number of hydrogen-bond acceptors (Lipinski definition) is 5. The van der Waals surface area contributed by atoms with Gasteiger partial charge in [0.25, 0.3) is 5.91 Å². The van der Waals surface area contributed by atoms with Crippen LogP contribution in [-0.2, 0) is 17.5 Å². The molecule has 0 saturated carbocycles. The van der Waals surface area contributed by atoms with E-state index in [1.165, 1.54) is 25.0 Å². The van der Waals surface area contributed by atoms with E-state index in [1.807, 2.05) is 0 Å². The lowest BCUT2D eigenvalue weighted by Gasteiger charge is -2.12. The second-order valence-electron chi connectivity index (χ2n) is 6.07. The van der Waals surface area contributed by atoms with Gasteiger partial charge in [-0.15, -0.1) is 5.10 Å². The number of anilines is 1. The first-order valence-corrected chi connectivity index (χ1v) is 8.88. The molecule has 2 aromatic carbocycles. The van der Waals surface area contributed by atoms with E-state index in [1.54, 1.807) is 24.3 Å². The molecule has 1 heterocycles. The van der Waals surface area contributed by atoms with E-state index < -0.39 is 22.7 Å². The van der Waals surface area contributed by atoms with Crippen LogP contribution < -0.4 is 10.1 Å². The third-order valence-corrected chi connectivity index (χ3v) is 4.44. The minimum Gasteiger partial charge on any atom is -0.497 e. The molecule has 0 aliphatic heterocycles. The summed E-state index contributed by atoms with van der Waals surface area (Å²) in [6.45, 7) is -0.00377. The number of amides is 1. The van der Waals surface area contributed by atoms with Crippen molar-refractivity contribution in [2.24, 2.45) is 0 Å². The number of hydrogen-bond donors (Lipinski definition) is 1. The molecule has 1 N–H and O–H groups in total. The molecule has 0 spiro atoms. The van der Waals surface area contributed by atoms with Crippen LogP contribution in [0.3, 0.4) is 0 Å². The molecule has 0 fully saturated rings. The Balaban J connectivity index is 1.92. The highest BCUT2D eigenvalue weighted by molar-refractivity contribution is 6.31. The Morgan fingerprint density at radius 1 is 1.17 bits per heavy atom. The molecule has 0 radical (unpaired) electrons. The Bertz CT molecular complexity index is 1050. The summed E-state index contributed by atoms with van der Waals surface area (Å²) in [6.07, 6.45) is -4.66. The van der Waals surface area contributed by atoms with Gasteiger partial charge in [-0.3, -0.25) is 4.79 Å². The summed E-state index contributed by atoms with van der Waals surface area (Å²) in [6, 6.07) is 9.92. The fourth-order valence-electron chi connectivity index (χ4n) is 2.69. The van der Waals surface area contributed by atoms with Gasteiger partial charge in [0.2, 0.25) is 0 Å². The van der Waals surface area contributed by atoms with Gasteiger partial charge in [0.15, 0.2) is 5.69 Å². The number of aromatic nitrogens is 3. The average Bonchev–Trinajstić information content (AvgIpc) is 3.12. The van der Waals surface area contributed by atoms with Gasteiger partial charge in [-0.1, -0.05) is 16.8 Å². The van der Waals surface area contributed by atoms with Crippen molar-refractivity contribution in [3.8, 4) is 11.4 Å². The van der Waals surface area contributed by atoms with Gasteiger partial charge in [0.05, 0.1) is 30.0 Å². The maximum Gasteiger partial charge on any atom is 0.417 e. The van der Waals surface area contributed by atoms with Crippen LogP contribution in [0.15, 0.2) is 42.5 Å². The zero-order valence-corrected chi connectivity index (χ0v) is 16.6. The van der Waals surface area contributed by atoms with E-state index in [9.17, 15) is 18.0 Å². The van der Waals surface area contributed by atoms with Crippen molar-refractivity contribution in [2.45, 2.75) is 12.8 Å². The summed E-state index contributed by atoms with van der Waals surface area (Å²) in [7, 11) is 2.96. The lowest BCUT2D eigenvalue weighted by molar-refractivity contribution is -0.137. The zero-order valence-electron chi connectivity index (χ0n) is 15.8. The summed E-state index contributed by atoms with van der Waals surface area (Å²) in [4.78, 5) is 12.7. The quantitative estimate of drug-likeness (QED) is 0.616. The standard InChI is InChI=1S/C19H16ClF3N4O3/c1-29-10-16-17(25-26-27(16)12-4-6-13(30-2)7-5-12)18(28)24-11-3-8-15(20)14(9-11)19(21,22)23/h3-9H,10H2,1-2H3,(H,24,28). The fourth-order valence-corrected chi connectivity index (χ4v) is 2.91. The molecular formula is C19H16ClF3N4O3. The van der Waals surface area contributed by atoms with Crippen LogP contribution in [0.2, 0.25) is 5.02 Å². The number of halogens is 4. The first-order valence-electron chi connectivity index (χ1n) is 8.50. The first-order chi connectivity index (χ1) is 14.2. The van der Waals surface area contributed by atoms with E-state index in [-0.39, 0.29) is 18.0 Å². The summed E-state index contributed by atoms with van der Waals surface area (Å²) < 4.78 is 50.8. The number of benzene rings is 2. The van der Waals surface area contributed by atoms with Gasteiger partial charge in [-0.25, -0.2) is 4.68 Å². The van der Waals surface area contributed by atoms with Gasteiger partial charge < -0.3 is 14.8 Å². The largest absolute Gasteiger partial charge is 0.497 e. The minimum absolute atomic E-state index is 0.00377. The lowest BCUT2D eigenvalue weighted by atomic mass is 10.2. The Labute approximate surface area is 174 Å². The Morgan fingerprint density at radius 2 is 1.87 bits per heavy atom. The average molecular weight is 441 g/mol. The Kier molecular flexibility index (Phi) is 6.28. The van der Waals surface area contributed by atoms with Gasteiger partial charge in [-0.05, 0) is 42.5 Å². The molecule has 0 saturated heterocycles. The van der Waals surface area contributed by atoms with Crippen LogP contribution in [-0.4, -0.2) is 35.1 Å². The normalized spacial score (nSPS) is 11.4. The molecule has 0 unspecified atom stereocenters. The van der Waals surface area contributed by atoms with Crippen molar-refractivity contribution >= 4 is 23.2 Å². The van der Waals surface area contributed by atoms with Gasteiger partial charge in [0.1, 0.15) is 11.4 Å².